The summed E-state index contributed by atoms with van der Waals surface area (Å²) in [6, 6.07) is 0. The number of carbonyl (C=O) groups excluding carboxylic acids is 1. The smallest absolute Gasteiger partial charge is 0.320 e. The van der Waals surface area contributed by atoms with Crippen molar-refractivity contribution in [3.8, 4) is 0 Å². The van der Waals surface area contributed by atoms with E-state index in [4.69, 9.17) is 0 Å². The molecule has 0 aliphatic carbocycles. The molecule has 0 bridgehead atoms. The van der Waals surface area contributed by atoms with Crippen molar-refractivity contribution in [2.75, 3.05) is 13.7 Å². The molecular weight excluding hydrogens is 286 g/mol. The maximum Gasteiger partial charge on any atom is 0.320 e. The van der Waals surface area contributed by atoms with Crippen LogP contribution < -0.4 is 4.72 Å². The van der Waals surface area contributed by atoms with Crippen LogP contribution in [0.1, 0.15) is 20.8 Å². The molecule has 5 nitrogen and oxygen atoms in total. The quantitative estimate of drug-likeness (QED) is 0.611. The van der Waals surface area contributed by atoms with Crippen molar-refractivity contribution in [3.05, 3.63) is 0 Å². The molecule has 0 saturated heterocycles. The van der Waals surface area contributed by atoms with E-state index < -0.39 is 25.6 Å². The number of carbonyl (C=O) groups is 1. The number of esters is 1. The number of hydrogen-bond donors (Lipinski definition) is 1. The standard InChI is InChI=1S/C8H16BrNO4S/c1-8(2,3)15(12,13)10-5-6(9)7(11)14-4/h6,10H,5H2,1-4H3. The van der Waals surface area contributed by atoms with Gasteiger partial charge in [-0.1, -0.05) is 15.9 Å². The minimum absolute atomic E-state index is 0.0216. The third-order valence-electron chi connectivity index (χ3n) is 1.72. The molecule has 0 aromatic heterocycles. The third kappa shape index (κ3) is 4.48. The number of methoxy groups -OCH3 is 1. The van der Waals surface area contributed by atoms with Gasteiger partial charge in [-0.25, -0.2) is 13.1 Å². The van der Waals surface area contributed by atoms with Gasteiger partial charge in [0, 0.05) is 6.54 Å². The summed E-state index contributed by atoms with van der Waals surface area (Å²) >= 11 is 3.02. The van der Waals surface area contributed by atoms with E-state index in [2.05, 4.69) is 25.4 Å². The molecule has 1 atom stereocenters. The second kappa shape index (κ2) is 5.27. The lowest BCUT2D eigenvalue weighted by Crippen LogP contribution is -2.43. The molecule has 0 aliphatic rings. The third-order valence-corrected chi connectivity index (χ3v) is 4.57. The first-order chi connectivity index (χ1) is 6.62. The minimum atomic E-state index is -3.42. The van der Waals surface area contributed by atoms with Crippen molar-refractivity contribution in [3.63, 3.8) is 0 Å². The van der Waals surface area contributed by atoms with Crippen LogP contribution in [-0.4, -0.2) is 37.6 Å². The number of halogens is 1. The van der Waals surface area contributed by atoms with E-state index >= 15 is 0 Å². The Kier molecular flexibility index (Phi) is 5.22. The molecule has 0 aromatic rings. The van der Waals surface area contributed by atoms with Crippen LogP contribution in [0.3, 0.4) is 0 Å². The van der Waals surface area contributed by atoms with Gasteiger partial charge in [-0.15, -0.1) is 0 Å². The summed E-state index contributed by atoms with van der Waals surface area (Å²) in [5.41, 5.74) is 0. The van der Waals surface area contributed by atoms with Crippen LogP contribution in [0, 0.1) is 0 Å². The zero-order valence-corrected chi connectivity index (χ0v) is 11.6. The number of ether oxygens (including phenoxy) is 1. The highest BCUT2D eigenvalue weighted by Crippen LogP contribution is 2.13. The van der Waals surface area contributed by atoms with E-state index in [-0.39, 0.29) is 6.54 Å². The summed E-state index contributed by atoms with van der Waals surface area (Å²) in [5, 5.41) is 0. The summed E-state index contributed by atoms with van der Waals surface area (Å²) < 4.78 is 29.1. The Balaban J connectivity index is 4.36. The largest absolute Gasteiger partial charge is 0.468 e. The van der Waals surface area contributed by atoms with E-state index in [1.165, 1.54) is 7.11 Å². The molecule has 0 saturated carbocycles. The lowest BCUT2D eigenvalue weighted by Gasteiger charge is -2.20. The number of rotatable bonds is 4. The molecule has 7 heteroatoms. The Morgan fingerprint density at radius 1 is 1.47 bits per heavy atom. The van der Waals surface area contributed by atoms with Crippen LogP contribution in [0.25, 0.3) is 0 Å². The lowest BCUT2D eigenvalue weighted by molar-refractivity contribution is -0.139. The van der Waals surface area contributed by atoms with Gasteiger partial charge in [-0.3, -0.25) is 4.79 Å². The van der Waals surface area contributed by atoms with E-state index in [0.717, 1.165) is 0 Å². The molecule has 0 aromatic carbocycles. The van der Waals surface area contributed by atoms with E-state index in [9.17, 15) is 13.2 Å². The van der Waals surface area contributed by atoms with Gasteiger partial charge in [0.1, 0.15) is 4.83 Å². The Morgan fingerprint density at radius 2 is 1.93 bits per heavy atom. The van der Waals surface area contributed by atoms with Gasteiger partial charge < -0.3 is 4.74 Å². The van der Waals surface area contributed by atoms with E-state index in [1.807, 2.05) is 0 Å². The lowest BCUT2D eigenvalue weighted by atomic mass is 10.3. The topological polar surface area (TPSA) is 72.5 Å². The molecule has 0 spiro atoms. The molecule has 0 radical (unpaired) electrons. The normalized spacial score (nSPS) is 14.7. The maximum absolute atomic E-state index is 11.6. The molecule has 0 aliphatic heterocycles. The summed E-state index contributed by atoms with van der Waals surface area (Å²) in [6.45, 7) is 4.72. The van der Waals surface area contributed by atoms with E-state index in [0.29, 0.717) is 0 Å². The number of sulfonamides is 1. The van der Waals surface area contributed by atoms with Crippen LogP contribution in [0.5, 0.6) is 0 Å². The monoisotopic (exact) mass is 301 g/mol. The van der Waals surface area contributed by atoms with Crippen LogP contribution in [-0.2, 0) is 19.6 Å². The fraction of sp³-hybridized carbons (Fsp3) is 0.875. The Morgan fingerprint density at radius 3 is 2.27 bits per heavy atom. The van der Waals surface area contributed by atoms with Crippen molar-refractivity contribution in [1.29, 1.82) is 0 Å². The highest BCUT2D eigenvalue weighted by molar-refractivity contribution is 9.10. The summed E-state index contributed by atoms with van der Waals surface area (Å²) in [4.78, 5) is 10.3. The fourth-order valence-corrected chi connectivity index (χ4v) is 1.99. The predicted octanol–water partition coefficient (Wildman–Crippen LogP) is 0.641. The number of nitrogens with one attached hydrogen (secondary N) is 1. The SMILES string of the molecule is COC(=O)C(Br)CNS(=O)(=O)C(C)(C)C. The molecule has 0 fully saturated rings. The molecule has 90 valence electrons. The van der Waals surface area contributed by atoms with Crippen LogP contribution >= 0.6 is 15.9 Å². The second-order valence-corrected chi connectivity index (χ2v) is 7.58. The van der Waals surface area contributed by atoms with Crippen molar-refractivity contribution in [2.45, 2.75) is 30.3 Å². The van der Waals surface area contributed by atoms with Crippen molar-refractivity contribution >= 4 is 31.9 Å². The fourth-order valence-electron chi connectivity index (χ4n) is 0.611. The predicted molar refractivity (Wildman–Crippen MR) is 61.4 cm³/mol. The van der Waals surface area contributed by atoms with Gasteiger partial charge in [0.25, 0.3) is 0 Å². The van der Waals surface area contributed by atoms with Gasteiger partial charge in [0.2, 0.25) is 10.0 Å². The highest BCUT2D eigenvalue weighted by atomic mass is 79.9. The first-order valence-corrected chi connectivity index (χ1v) is 6.73. The Hall–Kier alpha value is -0.140. The molecule has 0 heterocycles. The number of alkyl halides is 1. The van der Waals surface area contributed by atoms with E-state index in [1.54, 1.807) is 20.8 Å². The molecule has 15 heavy (non-hydrogen) atoms. The molecule has 0 amide bonds. The summed E-state index contributed by atoms with van der Waals surface area (Å²) in [7, 11) is -2.18. The molecule has 1 unspecified atom stereocenters. The van der Waals surface area contributed by atoms with Crippen LogP contribution in [0.4, 0.5) is 0 Å². The Labute approximate surface area is 98.7 Å². The zero-order chi connectivity index (χ0) is 12.3. The van der Waals surface area contributed by atoms with Crippen molar-refractivity contribution in [2.24, 2.45) is 0 Å². The average molecular weight is 302 g/mol. The second-order valence-electron chi connectivity index (χ2n) is 3.95. The van der Waals surface area contributed by atoms with Gasteiger partial charge in [-0.2, -0.15) is 0 Å². The van der Waals surface area contributed by atoms with Crippen LogP contribution in [0.2, 0.25) is 0 Å². The van der Waals surface area contributed by atoms with Gasteiger partial charge in [-0.05, 0) is 20.8 Å². The van der Waals surface area contributed by atoms with Crippen LogP contribution in [0.15, 0.2) is 0 Å². The van der Waals surface area contributed by atoms with Crippen molar-refractivity contribution in [1.82, 2.24) is 4.72 Å². The maximum atomic E-state index is 11.6. The summed E-state index contributed by atoms with van der Waals surface area (Å²) in [5.74, 6) is -0.508. The number of hydrogen-bond acceptors (Lipinski definition) is 4. The van der Waals surface area contributed by atoms with Crippen molar-refractivity contribution < 1.29 is 17.9 Å². The molecule has 1 N–H and O–H groups in total. The average Bonchev–Trinajstić information content (AvgIpc) is 2.11. The highest BCUT2D eigenvalue weighted by Gasteiger charge is 2.30. The zero-order valence-electron chi connectivity index (χ0n) is 9.20. The first kappa shape index (κ1) is 14.9. The van der Waals surface area contributed by atoms with Gasteiger partial charge >= 0.3 is 5.97 Å². The Bertz CT molecular complexity index is 320. The first-order valence-electron chi connectivity index (χ1n) is 4.33. The van der Waals surface area contributed by atoms with Gasteiger partial charge in [0.15, 0.2) is 0 Å². The summed E-state index contributed by atoms with van der Waals surface area (Å²) in [6.07, 6.45) is 0. The molecule has 0 rings (SSSR count). The minimum Gasteiger partial charge on any atom is -0.468 e. The molecular formula is C8H16BrNO4S. The van der Waals surface area contributed by atoms with Gasteiger partial charge in [0.05, 0.1) is 11.9 Å².